The highest BCUT2D eigenvalue weighted by Gasteiger charge is 2.29. The molecule has 15 heavy (non-hydrogen) atoms. The Labute approximate surface area is 88.1 Å². The van der Waals surface area contributed by atoms with Crippen molar-refractivity contribution in [1.82, 2.24) is 0 Å². The standard InChI is InChI=1S/C9H18O6/c1-3-6(11)8(13)9(14)7(12)4-15-5(2)10/h6-9,11-14H,3-4H2,1-2H3. The van der Waals surface area contributed by atoms with E-state index in [0.717, 1.165) is 6.92 Å². The molecule has 0 aromatic rings. The van der Waals surface area contributed by atoms with Crippen LogP contribution in [0.3, 0.4) is 0 Å². The molecule has 0 aliphatic heterocycles. The third-order valence-electron chi connectivity index (χ3n) is 2.01. The summed E-state index contributed by atoms with van der Waals surface area (Å²) in [5, 5.41) is 37.1. The summed E-state index contributed by atoms with van der Waals surface area (Å²) in [5.41, 5.74) is 0. The lowest BCUT2D eigenvalue weighted by Gasteiger charge is -2.25. The van der Waals surface area contributed by atoms with E-state index in [0.29, 0.717) is 0 Å². The highest BCUT2D eigenvalue weighted by atomic mass is 16.5. The molecule has 0 amide bonds. The maximum Gasteiger partial charge on any atom is 0.302 e. The van der Waals surface area contributed by atoms with Gasteiger partial charge in [-0.25, -0.2) is 0 Å². The normalized spacial score (nSPS) is 19.1. The lowest BCUT2D eigenvalue weighted by Crippen LogP contribution is -2.46. The van der Waals surface area contributed by atoms with Gasteiger partial charge in [-0.2, -0.15) is 0 Å². The summed E-state index contributed by atoms with van der Waals surface area (Å²) < 4.78 is 4.45. The maximum absolute atomic E-state index is 10.4. The van der Waals surface area contributed by atoms with E-state index >= 15 is 0 Å². The minimum absolute atomic E-state index is 0.249. The first kappa shape index (κ1) is 14.3. The van der Waals surface area contributed by atoms with E-state index in [1.807, 2.05) is 0 Å². The van der Waals surface area contributed by atoms with Gasteiger partial charge in [-0.15, -0.1) is 0 Å². The van der Waals surface area contributed by atoms with Crippen LogP contribution in [0.1, 0.15) is 20.3 Å². The Kier molecular flexibility index (Phi) is 6.42. The molecule has 0 radical (unpaired) electrons. The topological polar surface area (TPSA) is 107 Å². The average molecular weight is 222 g/mol. The number of aliphatic hydroxyl groups is 4. The molecule has 0 rings (SSSR count). The van der Waals surface area contributed by atoms with Crippen LogP contribution >= 0.6 is 0 Å². The van der Waals surface area contributed by atoms with Crippen LogP contribution in [0.2, 0.25) is 0 Å². The molecule has 90 valence electrons. The van der Waals surface area contributed by atoms with Crippen molar-refractivity contribution in [2.75, 3.05) is 6.61 Å². The number of hydrogen-bond donors (Lipinski definition) is 4. The van der Waals surface area contributed by atoms with E-state index in [9.17, 15) is 25.2 Å². The first-order valence-corrected chi connectivity index (χ1v) is 4.75. The van der Waals surface area contributed by atoms with Crippen molar-refractivity contribution in [3.63, 3.8) is 0 Å². The summed E-state index contributed by atoms with van der Waals surface area (Å²) in [7, 11) is 0. The van der Waals surface area contributed by atoms with E-state index in [-0.39, 0.29) is 6.42 Å². The quantitative estimate of drug-likeness (QED) is 0.403. The summed E-state index contributed by atoms with van der Waals surface area (Å²) in [6, 6.07) is 0. The number of ether oxygens (including phenoxy) is 1. The second-order valence-electron chi connectivity index (χ2n) is 3.33. The number of carbonyl (C=O) groups excluding carboxylic acids is 1. The molecule has 0 aromatic carbocycles. The Morgan fingerprint density at radius 2 is 1.60 bits per heavy atom. The van der Waals surface area contributed by atoms with Crippen molar-refractivity contribution in [2.24, 2.45) is 0 Å². The monoisotopic (exact) mass is 222 g/mol. The fraction of sp³-hybridized carbons (Fsp3) is 0.889. The van der Waals surface area contributed by atoms with Gasteiger partial charge < -0.3 is 25.2 Å². The Balaban J connectivity index is 4.06. The highest BCUT2D eigenvalue weighted by Crippen LogP contribution is 2.08. The molecule has 0 aliphatic rings. The number of aliphatic hydroxyl groups excluding tert-OH is 4. The molecule has 0 fully saturated rings. The molecule has 4 N–H and O–H groups in total. The van der Waals surface area contributed by atoms with Crippen molar-refractivity contribution in [3.8, 4) is 0 Å². The summed E-state index contributed by atoms with van der Waals surface area (Å²) in [5.74, 6) is -0.591. The highest BCUT2D eigenvalue weighted by molar-refractivity contribution is 5.65. The lowest BCUT2D eigenvalue weighted by molar-refractivity contribution is -0.152. The van der Waals surface area contributed by atoms with E-state index in [1.54, 1.807) is 6.92 Å². The van der Waals surface area contributed by atoms with Crippen LogP contribution in [-0.2, 0) is 9.53 Å². The Hall–Kier alpha value is -0.690. The van der Waals surface area contributed by atoms with Crippen LogP contribution in [0, 0.1) is 0 Å². The van der Waals surface area contributed by atoms with Crippen LogP contribution in [0.15, 0.2) is 0 Å². The smallest absolute Gasteiger partial charge is 0.302 e. The molecule has 0 saturated carbocycles. The largest absolute Gasteiger partial charge is 0.463 e. The lowest BCUT2D eigenvalue weighted by atomic mass is 10.0. The van der Waals surface area contributed by atoms with Crippen molar-refractivity contribution in [1.29, 1.82) is 0 Å². The fourth-order valence-corrected chi connectivity index (χ4v) is 0.998. The van der Waals surface area contributed by atoms with Gasteiger partial charge in [0.15, 0.2) is 0 Å². The Morgan fingerprint density at radius 1 is 1.13 bits per heavy atom. The first-order valence-electron chi connectivity index (χ1n) is 4.75. The molecule has 0 heterocycles. The summed E-state index contributed by atoms with van der Waals surface area (Å²) in [4.78, 5) is 10.4. The van der Waals surface area contributed by atoms with E-state index < -0.39 is 37.0 Å². The first-order chi connectivity index (χ1) is 6.90. The van der Waals surface area contributed by atoms with Gasteiger partial charge >= 0.3 is 5.97 Å². The molecular weight excluding hydrogens is 204 g/mol. The maximum atomic E-state index is 10.4. The van der Waals surface area contributed by atoms with Crippen molar-refractivity contribution in [3.05, 3.63) is 0 Å². The number of hydrogen-bond acceptors (Lipinski definition) is 6. The third-order valence-corrected chi connectivity index (χ3v) is 2.01. The summed E-state index contributed by atoms with van der Waals surface area (Å²) >= 11 is 0. The van der Waals surface area contributed by atoms with Gasteiger partial charge in [-0.3, -0.25) is 4.79 Å². The molecule has 6 heteroatoms. The van der Waals surface area contributed by atoms with Crippen molar-refractivity contribution in [2.45, 2.75) is 44.7 Å². The molecule has 0 saturated heterocycles. The van der Waals surface area contributed by atoms with E-state index in [4.69, 9.17) is 0 Å². The fourth-order valence-electron chi connectivity index (χ4n) is 0.998. The van der Waals surface area contributed by atoms with Gasteiger partial charge in [-0.1, -0.05) is 6.92 Å². The predicted octanol–water partition coefficient (Wildman–Crippen LogP) is -1.60. The van der Waals surface area contributed by atoms with Crippen LogP contribution in [0.25, 0.3) is 0 Å². The summed E-state index contributed by atoms with van der Waals surface area (Å²) in [6.45, 7) is 2.37. The molecule has 4 atom stereocenters. The van der Waals surface area contributed by atoms with Gasteiger partial charge in [0.25, 0.3) is 0 Å². The van der Waals surface area contributed by atoms with Gasteiger partial charge in [0, 0.05) is 6.92 Å². The molecule has 0 aliphatic carbocycles. The predicted molar refractivity (Wildman–Crippen MR) is 51.0 cm³/mol. The molecule has 0 aromatic heterocycles. The minimum Gasteiger partial charge on any atom is -0.463 e. The van der Waals surface area contributed by atoms with Gasteiger partial charge in [-0.05, 0) is 6.42 Å². The summed E-state index contributed by atoms with van der Waals surface area (Å²) in [6.07, 6.45) is -5.28. The SMILES string of the molecule is CCC(O)C(O)C(O)C(O)COC(C)=O. The van der Waals surface area contributed by atoms with Gasteiger partial charge in [0.05, 0.1) is 6.10 Å². The second kappa shape index (κ2) is 6.73. The molecule has 6 nitrogen and oxygen atoms in total. The third kappa shape index (κ3) is 5.08. The van der Waals surface area contributed by atoms with E-state index in [1.165, 1.54) is 0 Å². The van der Waals surface area contributed by atoms with Crippen LogP contribution in [0.4, 0.5) is 0 Å². The van der Waals surface area contributed by atoms with Crippen molar-refractivity contribution < 1.29 is 30.0 Å². The van der Waals surface area contributed by atoms with Crippen LogP contribution < -0.4 is 0 Å². The van der Waals surface area contributed by atoms with Gasteiger partial charge in [0.2, 0.25) is 0 Å². The minimum atomic E-state index is -1.54. The molecule has 4 unspecified atom stereocenters. The Bertz CT molecular complexity index is 195. The number of carbonyl (C=O) groups is 1. The zero-order chi connectivity index (χ0) is 12.0. The van der Waals surface area contributed by atoms with Crippen LogP contribution in [-0.4, -0.2) is 57.4 Å². The Morgan fingerprint density at radius 3 is 2.00 bits per heavy atom. The van der Waals surface area contributed by atoms with Crippen molar-refractivity contribution >= 4 is 5.97 Å². The van der Waals surface area contributed by atoms with E-state index in [2.05, 4.69) is 4.74 Å². The van der Waals surface area contributed by atoms with Crippen LogP contribution in [0.5, 0.6) is 0 Å². The number of esters is 1. The average Bonchev–Trinajstić information content (AvgIpc) is 2.22. The zero-order valence-corrected chi connectivity index (χ0v) is 8.83. The second-order valence-corrected chi connectivity index (χ2v) is 3.33. The molecule has 0 spiro atoms. The number of rotatable bonds is 6. The van der Waals surface area contributed by atoms with Gasteiger partial charge in [0.1, 0.15) is 24.9 Å². The molecular formula is C9H18O6. The molecule has 0 bridgehead atoms. The zero-order valence-electron chi connectivity index (χ0n) is 8.83.